The number of aliphatic carboxylic acids is 1. The van der Waals surface area contributed by atoms with Gasteiger partial charge >= 0.3 is 5.97 Å². The Balaban J connectivity index is 2.04. The number of hydrogen-bond donors (Lipinski definition) is 1. The van der Waals surface area contributed by atoms with E-state index in [1.54, 1.807) is 0 Å². The molecular weight excluding hydrogens is 306 g/mol. The Morgan fingerprint density at radius 2 is 2.20 bits per heavy atom. The zero-order chi connectivity index (χ0) is 14.7. The molecule has 1 aromatic rings. The lowest BCUT2D eigenvalue weighted by Gasteiger charge is -2.22. The van der Waals surface area contributed by atoms with E-state index in [2.05, 4.69) is 5.10 Å². The van der Waals surface area contributed by atoms with Crippen molar-refractivity contribution in [3.8, 4) is 0 Å². The fourth-order valence-corrected chi connectivity index (χ4v) is 5.90. The van der Waals surface area contributed by atoms with E-state index in [1.807, 2.05) is 0 Å². The Bertz CT molecular complexity index is 652. The minimum atomic E-state index is -3.82. The summed E-state index contributed by atoms with van der Waals surface area (Å²) < 4.78 is 28.0. The molecule has 2 saturated heterocycles. The molecule has 3 unspecified atom stereocenters. The second kappa shape index (κ2) is 4.44. The Morgan fingerprint density at radius 1 is 1.50 bits per heavy atom. The number of nitrogens with zero attached hydrogens (tertiary/aromatic N) is 3. The number of fused-ring (bicyclic) bond motifs is 2. The van der Waals surface area contributed by atoms with E-state index >= 15 is 0 Å². The molecule has 0 amide bonds. The zero-order valence-corrected chi connectivity index (χ0v) is 12.3. The van der Waals surface area contributed by atoms with Crippen LogP contribution in [0.2, 0.25) is 5.02 Å². The Labute approximate surface area is 121 Å². The van der Waals surface area contributed by atoms with Gasteiger partial charge in [-0.3, -0.25) is 9.48 Å². The summed E-state index contributed by atoms with van der Waals surface area (Å²) in [6, 6.07) is -0.731. The summed E-state index contributed by atoms with van der Waals surface area (Å²) in [7, 11) is -2.32. The maximum Gasteiger partial charge on any atom is 0.308 e. The fourth-order valence-electron chi connectivity index (χ4n) is 3.37. The van der Waals surface area contributed by atoms with Gasteiger partial charge in [0.25, 0.3) is 10.0 Å². The van der Waals surface area contributed by atoms with Crippen LogP contribution in [0.4, 0.5) is 0 Å². The number of aryl methyl sites for hydroxylation is 1. The minimum Gasteiger partial charge on any atom is -0.481 e. The monoisotopic (exact) mass is 319 g/mol. The van der Waals surface area contributed by atoms with Crippen LogP contribution in [-0.2, 0) is 21.9 Å². The second-order valence-electron chi connectivity index (χ2n) is 5.24. The van der Waals surface area contributed by atoms with Crippen LogP contribution >= 0.6 is 11.6 Å². The van der Waals surface area contributed by atoms with Gasteiger partial charge in [0.2, 0.25) is 0 Å². The maximum absolute atomic E-state index is 12.8. The van der Waals surface area contributed by atoms with E-state index < -0.39 is 28.0 Å². The summed E-state index contributed by atoms with van der Waals surface area (Å²) >= 11 is 5.92. The molecule has 3 rings (SSSR count). The van der Waals surface area contributed by atoms with Crippen LogP contribution in [0.1, 0.15) is 19.3 Å². The van der Waals surface area contributed by atoms with Crippen LogP contribution in [0.25, 0.3) is 0 Å². The summed E-state index contributed by atoms with van der Waals surface area (Å²) in [4.78, 5) is 11.2. The SMILES string of the molecule is Cn1ncc(Cl)c1S(=O)(=O)N1C2CCC1C(C(=O)O)C2. The smallest absolute Gasteiger partial charge is 0.308 e. The van der Waals surface area contributed by atoms with Crippen molar-refractivity contribution in [2.75, 3.05) is 0 Å². The van der Waals surface area contributed by atoms with Crippen molar-refractivity contribution < 1.29 is 18.3 Å². The fraction of sp³-hybridized carbons (Fsp3) is 0.636. The lowest BCUT2D eigenvalue weighted by molar-refractivity contribution is -0.142. The summed E-state index contributed by atoms with van der Waals surface area (Å²) in [6.45, 7) is 0. The predicted octanol–water partition coefficient (Wildman–Crippen LogP) is 0.700. The van der Waals surface area contributed by atoms with Crippen LogP contribution in [0.5, 0.6) is 0 Å². The van der Waals surface area contributed by atoms with Gasteiger partial charge in [0, 0.05) is 19.1 Å². The van der Waals surface area contributed by atoms with E-state index in [0.29, 0.717) is 19.3 Å². The molecule has 3 atom stereocenters. The predicted molar refractivity (Wildman–Crippen MR) is 69.8 cm³/mol. The molecule has 2 bridgehead atoms. The number of carboxylic acid groups (broad SMARTS) is 1. The number of sulfonamides is 1. The van der Waals surface area contributed by atoms with Crippen molar-refractivity contribution in [3.63, 3.8) is 0 Å². The second-order valence-corrected chi connectivity index (χ2v) is 7.40. The summed E-state index contributed by atoms with van der Waals surface area (Å²) in [5.74, 6) is -1.57. The van der Waals surface area contributed by atoms with E-state index in [4.69, 9.17) is 11.6 Å². The molecule has 1 aromatic heterocycles. The molecule has 0 spiro atoms. The highest BCUT2D eigenvalue weighted by Crippen LogP contribution is 2.45. The average Bonchev–Trinajstić information content (AvgIpc) is 3.02. The third-order valence-corrected chi connectivity index (χ3v) is 6.64. The zero-order valence-electron chi connectivity index (χ0n) is 10.7. The number of rotatable bonds is 3. The maximum atomic E-state index is 12.8. The molecule has 2 aliphatic heterocycles. The van der Waals surface area contributed by atoms with Gasteiger partial charge in [0.1, 0.15) is 0 Å². The molecule has 0 aliphatic carbocycles. The number of halogens is 1. The topological polar surface area (TPSA) is 92.5 Å². The van der Waals surface area contributed by atoms with Gasteiger partial charge in [0.15, 0.2) is 5.03 Å². The van der Waals surface area contributed by atoms with Gasteiger partial charge in [-0.25, -0.2) is 8.42 Å². The minimum absolute atomic E-state index is 0.0608. The van der Waals surface area contributed by atoms with Gasteiger partial charge in [-0.05, 0) is 19.3 Å². The first-order chi connectivity index (χ1) is 9.34. The molecule has 0 aromatic carbocycles. The average molecular weight is 320 g/mol. The molecule has 20 heavy (non-hydrogen) atoms. The van der Waals surface area contributed by atoms with Crippen LogP contribution in [0, 0.1) is 5.92 Å². The van der Waals surface area contributed by atoms with Crippen molar-refractivity contribution in [1.82, 2.24) is 14.1 Å². The van der Waals surface area contributed by atoms with Crippen molar-refractivity contribution in [2.45, 2.75) is 36.4 Å². The number of carbonyl (C=O) groups is 1. The van der Waals surface area contributed by atoms with Crippen LogP contribution in [0.15, 0.2) is 11.2 Å². The molecule has 1 N–H and O–H groups in total. The van der Waals surface area contributed by atoms with Crippen LogP contribution in [0.3, 0.4) is 0 Å². The molecule has 7 nitrogen and oxygen atoms in total. The van der Waals surface area contributed by atoms with E-state index in [9.17, 15) is 18.3 Å². The molecule has 9 heteroatoms. The highest BCUT2D eigenvalue weighted by atomic mass is 35.5. The normalized spacial score (nSPS) is 30.0. The van der Waals surface area contributed by atoms with E-state index in [0.717, 1.165) is 0 Å². The van der Waals surface area contributed by atoms with Gasteiger partial charge in [-0.2, -0.15) is 9.40 Å². The lowest BCUT2D eigenvalue weighted by Crippen LogP contribution is -2.38. The molecule has 110 valence electrons. The summed E-state index contributed by atoms with van der Waals surface area (Å²) in [5.41, 5.74) is 0. The molecule has 0 saturated carbocycles. The first-order valence-electron chi connectivity index (χ1n) is 6.28. The molecule has 0 radical (unpaired) electrons. The third kappa shape index (κ3) is 1.78. The van der Waals surface area contributed by atoms with Crippen molar-refractivity contribution in [1.29, 1.82) is 0 Å². The number of aromatic nitrogens is 2. The Hall–Kier alpha value is -1.12. The first-order valence-corrected chi connectivity index (χ1v) is 8.09. The number of hydrogen-bond acceptors (Lipinski definition) is 4. The van der Waals surface area contributed by atoms with Crippen molar-refractivity contribution in [3.05, 3.63) is 11.2 Å². The molecule has 2 aliphatic rings. The highest BCUT2D eigenvalue weighted by Gasteiger charge is 2.55. The quantitative estimate of drug-likeness (QED) is 0.885. The summed E-state index contributed by atoms with van der Waals surface area (Å²) in [5, 5.41) is 13.0. The molecular formula is C11H14ClN3O4S. The standard InChI is InChI=1S/C11H14ClN3O4S/c1-14-10(8(12)5-13-14)20(18,19)15-6-2-3-9(15)7(4-6)11(16)17/h5-7,9H,2-4H2,1H3,(H,16,17). The van der Waals surface area contributed by atoms with E-state index in [1.165, 1.54) is 22.2 Å². The first kappa shape index (κ1) is 13.8. The lowest BCUT2D eigenvalue weighted by atomic mass is 9.89. The largest absolute Gasteiger partial charge is 0.481 e. The van der Waals surface area contributed by atoms with Crippen LogP contribution in [-0.4, -0.2) is 45.7 Å². The highest BCUT2D eigenvalue weighted by molar-refractivity contribution is 7.89. The van der Waals surface area contributed by atoms with Crippen molar-refractivity contribution >= 4 is 27.6 Å². The van der Waals surface area contributed by atoms with Gasteiger partial charge in [-0.1, -0.05) is 11.6 Å². The van der Waals surface area contributed by atoms with Gasteiger partial charge < -0.3 is 5.11 Å². The van der Waals surface area contributed by atoms with E-state index in [-0.39, 0.29) is 16.1 Å². The summed E-state index contributed by atoms with van der Waals surface area (Å²) in [6.07, 6.45) is 2.93. The Kier molecular flexibility index (Phi) is 3.07. The third-order valence-electron chi connectivity index (χ3n) is 4.15. The van der Waals surface area contributed by atoms with Gasteiger partial charge in [-0.15, -0.1) is 0 Å². The molecule has 2 fully saturated rings. The van der Waals surface area contributed by atoms with Crippen LogP contribution < -0.4 is 0 Å². The van der Waals surface area contributed by atoms with Gasteiger partial charge in [0.05, 0.1) is 17.1 Å². The van der Waals surface area contributed by atoms with Crippen molar-refractivity contribution in [2.24, 2.45) is 13.0 Å². The Morgan fingerprint density at radius 3 is 2.70 bits per heavy atom. The number of carboxylic acids is 1. The molecule has 3 heterocycles.